The smallest absolute Gasteiger partial charge is 0.193 e. The first-order valence-electron chi connectivity index (χ1n) is 8.29. The predicted octanol–water partition coefficient (Wildman–Crippen LogP) is 2.64. The highest BCUT2D eigenvalue weighted by atomic mass is 127. The molecule has 2 aliphatic rings. The lowest BCUT2D eigenvalue weighted by Gasteiger charge is -2.24. The van der Waals surface area contributed by atoms with Crippen molar-refractivity contribution in [3.63, 3.8) is 0 Å². The molecule has 4 nitrogen and oxygen atoms in total. The van der Waals surface area contributed by atoms with Gasteiger partial charge < -0.3 is 15.1 Å². The standard InChI is InChI=1S/C16H32N4.HI/c1-5-17-15(20-10-8-16(3,4)13-20)18-11-14-7-9-19(6-2)12-14;/h14H,5-13H2,1-4H3,(H,17,18);1H. The number of nitrogens with one attached hydrogen (secondary N) is 1. The second-order valence-electron chi connectivity index (χ2n) is 7.08. The Morgan fingerprint density at radius 3 is 2.57 bits per heavy atom. The molecule has 1 unspecified atom stereocenters. The summed E-state index contributed by atoms with van der Waals surface area (Å²) in [5, 5.41) is 3.47. The molecule has 0 aliphatic carbocycles. The van der Waals surface area contributed by atoms with Crippen molar-refractivity contribution in [3.05, 3.63) is 0 Å². The number of halogens is 1. The van der Waals surface area contributed by atoms with Crippen LogP contribution in [0, 0.1) is 11.3 Å². The van der Waals surface area contributed by atoms with E-state index < -0.39 is 0 Å². The Morgan fingerprint density at radius 1 is 1.29 bits per heavy atom. The summed E-state index contributed by atoms with van der Waals surface area (Å²) in [5.41, 5.74) is 0.433. The van der Waals surface area contributed by atoms with Gasteiger partial charge in [-0.1, -0.05) is 20.8 Å². The molecule has 0 amide bonds. The minimum Gasteiger partial charge on any atom is -0.357 e. The molecule has 21 heavy (non-hydrogen) atoms. The highest BCUT2D eigenvalue weighted by Gasteiger charge is 2.31. The monoisotopic (exact) mass is 408 g/mol. The predicted molar refractivity (Wildman–Crippen MR) is 102 cm³/mol. The summed E-state index contributed by atoms with van der Waals surface area (Å²) in [6.45, 7) is 17.0. The normalized spacial score (nSPS) is 26.0. The SMILES string of the molecule is CCNC(=NCC1CCN(CC)C1)N1CCC(C)(C)C1.I. The van der Waals surface area contributed by atoms with Gasteiger partial charge in [0.1, 0.15) is 0 Å². The lowest BCUT2D eigenvalue weighted by Crippen LogP contribution is -2.41. The summed E-state index contributed by atoms with van der Waals surface area (Å²) >= 11 is 0. The van der Waals surface area contributed by atoms with Gasteiger partial charge in [0, 0.05) is 32.7 Å². The first kappa shape index (κ1) is 19.0. The number of likely N-dealkylation sites (tertiary alicyclic amines) is 2. The van der Waals surface area contributed by atoms with E-state index in [1.54, 1.807) is 0 Å². The van der Waals surface area contributed by atoms with Crippen molar-refractivity contribution in [2.24, 2.45) is 16.3 Å². The van der Waals surface area contributed by atoms with Gasteiger partial charge in [-0.15, -0.1) is 24.0 Å². The van der Waals surface area contributed by atoms with E-state index in [9.17, 15) is 0 Å². The lowest BCUT2D eigenvalue weighted by atomic mass is 9.93. The van der Waals surface area contributed by atoms with Crippen molar-refractivity contribution in [1.29, 1.82) is 0 Å². The van der Waals surface area contributed by atoms with Crippen LogP contribution in [0.3, 0.4) is 0 Å². The van der Waals surface area contributed by atoms with Crippen LogP contribution in [0.25, 0.3) is 0 Å². The summed E-state index contributed by atoms with van der Waals surface area (Å²) in [4.78, 5) is 9.89. The molecule has 0 aromatic rings. The molecule has 2 aliphatic heterocycles. The van der Waals surface area contributed by atoms with Gasteiger partial charge in [0.05, 0.1) is 0 Å². The zero-order valence-corrected chi connectivity index (χ0v) is 16.5. The van der Waals surface area contributed by atoms with Gasteiger partial charge in [0.25, 0.3) is 0 Å². The molecular weight excluding hydrogens is 375 g/mol. The van der Waals surface area contributed by atoms with Crippen LogP contribution in [0.4, 0.5) is 0 Å². The molecule has 0 spiro atoms. The largest absolute Gasteiger partial charge is 0.357 e. The second kappa shape index (κ2) is 8.56. The van der Waals surface area contributed by atoms with E-state index in [-0.39, 0.29) is 24.0 Å². The minimum absolute atomic E-state index is 0. The van der Waals surface area contributed by atoms with Crippen molar-refractivity contribution in [2.45, 2.75) is 40.5 Å². The first-order chi connectivity index (χ1) is 9.54. The molecule has 1 atom stereocenters. The molecule has 2 heterocycles. The Bertz CT molecular complexity index is 343. The zero-order valence-electron chi connectivity index (χ0n) is 14.2. The maximum atomic E-state index is 4.92. The summed E-state index contributed by atoms with van der Waals surface area (Å²) < 4.78 is 0. The molecule has 0 bridgehead atoms. The van der Waals surface area contributed by atoms with Crippen LogP contribution in [-0.4, -0.2) is 61.6 Å². The molecule has 2 rings (SSSR count). The van der Waals surface area contributed by atoms with Crippen LogP contribution in [0.15, 0.2) is 4.99 Å². The first-order valence-corrected chi connectivity index (χ1v) is 8.29. The third-order valence-corrected chi connectivity index (χ3v) is 4.63. The molecule has 1 N–H and O–H groups in total. The highest BCUT2D eigenvalue weighted by molar-refractivity contribution is 14.0. The minimum atomic E-state index is 0. The summed E-state index contributed by atoms with van der Waals surface area (Å²) in [5.74, 6) is 1.88. The van der Waals surface area contributed by atoms with E-state index in [1.807, 2.05) is 0 Å². The fourth-order valence-corrected chi connectivity index (χ4v) is 3.28. The lowest BCUT2D eigenvalue weighted by molar-refractivity contribution is 0.343. The third kappa shape index (κ3) is 5.58. The molecule has 0 aromatic heterocycles. The molecule has 0 aromatic carbocycles. The highest BCUT2D eigenvalue weighted by Crippen LogP contribution is 2.28. The molecule has 0 saturated carbocycles. The average molecular weight is 408 g/mol. The molecule has 2 fully saturated rings. The van der Waals surface area contributed by atoms with Crippen LogP contribution in [0.5, 0.6) is 0 Å². The summed E-state index contributed by atoms with van der Waals surface area (Å²) in [6, 6.07) is 0. The topological polar surface area (TPSA) is 30.9 Å². The molecule has 0 radical (unpaired) electrons. The van der Waals surface area contributed by atoms with Gasteiger partial charge in [-0.25, -0.2) is 0 Å². The number of rotatable bonds is 4. The zero-order chi connectivity index (χ0) is 14.6. The fraction of sp³-hybridized carbons (Fsp3) is 0.938. The van der Waals surface area contributed by atoms with Crippen molar-refractivity contribution in [3.8, 4) is 0 Å². The van der Waals surface area contributed by atoms with Crippen LogP contribution in [0.2, 0.25) is 0 Å². The van der Waals surface area contributed by atoms with Crippen LogP contribution >= 0.6 is 24.0 Å². The maximum Gasteiger partial charge on any atom is 0.193 e. The van der Waals surface area contributed by atoms with E-state index >= 15 is 0 Å². The van der Waals surface area contributed by atoms with E-state index in [0.717, 1.165) is 38.1 Å². The molecule has 124 valence electrons. The van der Waals surface area contributed by atoms with Gasteiger partial charge in [0.2, 0.25) is 0 Å². The second-order valence-corrected chi connectivity index (χ2v) is 7.08. The van der Waals surface area contributed by atoms with Crippen LogP contribution in [-0.2, 0) is 0 Å². The van der Waals surface area contributed by atoms with E-state index in [1.165, 1.54) is 32.5 Å². The number of hydrogen-bond donors (Lipinski definition) is 1. The Balaban J connectivity index is 0.00000220. The van der Waals surface area contributed by atoms with Crippen molar-refractivity contribution < 1.29 is 0 Å². The molecular formula is C16H33IN4. The van der Waals surface area contributed by atoms with Crippen LogP contribution in [0.1, 0.15) is 40.5 Å². The van der Waals surface area contributed by atoms with E-state index in [0.29, 0.717) is 5.41 Å². The van der Waals surface area contributed by atoms with Gasteiger partial charge in [-0.05, 0) is 44.2 Å². The van der Waals surface area contributed by atoms with E-state index in [2.05, 4.69) is 42.8 Å². The Kier molecular flexibility index (Phi) is 7.74. The maximum absolute atomic E-state index is 4.92. The molecule has 2 saturated heterocycles. The summed E-state index contributed by atoms with van der Waals surface area (Å²) in [7, 11) is 0. The van der Waals surface area contributed by atoms with Crippen molar-refractivity contribution in [1.82, 2.24) is 15.1 Å². The summed E-state index contributed by atoms with van der Waals surface area (Å²) in [6.07, 6.45) is 2.58. The third-order valence-electron chi connectivity index (χ3n) is 4.63. The van der Waals surface area contributed by atoms with Crippen molar-refractivity contribution in [2.75, 3.05) is 45.8 Å². The Morgan fingerprint density at radius 2 is 2.05 bits per heavy atom. The average Bonchev–Trinajstić information content (AvgIpc) is 3.00. The van der Waals surface area contributed by atoms with Gasteiger partial charge in [-0.3, -0.25) is 4.99 Å². The van der Waals surface area contributed by atoms with Gasteiger partial charge >= 0.3 is 0 Å². The fourth-order valence-electron chi connectivity index (χ4n) is 3.28. The van der Waals surface area contributed by atoms with Crippen LogP contribution < -0.4 is 5.32 Å². The van der Waals surface area contributed by atoms with Crippen molar-refractivity contribution >= 4 is 29.9 Å². The number of nitrogens with zero attached hydrogens (tertiary/aromatic N) is 3. The Hall–Kier alpha value is -0.0400. The Labute approximate surface area is 147 Å². The van der Waals surface area contributed by atoms with Gasteiger partial charge in [-0.2, -0.15) is 0 Å². The molecule has 5 heteroatoms. The quantitative estimate of drug-likeness (QED) is 0.441. The van der Waals surface area contributed by atoms with E-state index in [4.69, 9.17) is 4.99 Å². The number of aliphatic imine (C=N–C) groups is 1. The van der Waals surface area contributed by atoms with Gasteiger partial charge in [0.15, 0.2) is 5.96 Å². The number of guanidine groups is 1. The number of hydrogen-bond acceptors (Lipinski definition) is 2.